The van der Waals surface area contributed by atoms with Crippen LogP contribution in [0.15, 0.2) is 134 Å². The van der Waals surface area contributed by atoms with Crippen molar-refractivity contribution in [3.63, 3.8) is 0 Å². The van der Waals surface area contributed by atoms with Crippen molar-refractivity contribution < 1.29 is 0 Å². The van der Waals surface area contributed by atoms with Gasteiger partial charge in [-0.05, 0) is 105 Å². The van der Waals surface area contributed by atoms with Crippen molar-refractivity contribution in [2.45, 2.75) is 25.3 Å². The number of rotatable bonds is 4. The van der Waals surface area contributed by atoms with Crippen LogP contribution in [0.1, 0.15) is 36.4 Å². The number of allylic oxidation sites excluding steroid dienone is 2. The normalized spacial score (nSPS) is 19.4. The lowest BCUT2D eigenvalue weighted by molar-refractivity contribution is 0.745. The molecule has 5 aromatic carbocycles. The van der Waals surface area contributed by atoms with E-state index >= 15 is 0 Å². The quantitative estimate of drug-likeness (QED) is 0.235. The van der Waals surface area contributed by atoms with Gasteiger partial charge in [-0.2, -0.15) is 0 Å². The highest BCUT2D eigenvalue weighted by atomic mass is 15.0. The summed E-state index contributed by atoms with van der Waals surface area (Å²) in [5.41, 5.74) is 8.96. The highest BCUT2D eigenvalue weighted by molar-refractivity contribution is 6.20. The smallest absolute Gasteiger partial charge is 0.0696 e. The van der Waals surface area contributed by atoms with Crippen molar-refractivity contribution in [2.24, 2.45) is 5.92 Å². The second-order valence-corrected chi connectivity index (χ2v) is 12.2. The molecule has 9 rings (SSSR count). The molecule has 0 saturated heterocycles. The van der Waals surface area contributed by atoms with Gasteiger partial charge in [0.2, 0.25) is 0 Å². The highest BCUT2D eigenvalue weighted by Crippen LogP contribution is 2.52. The van der Waals surface area contributed by atoms with Crippen molar-refractivity contribution in [3.8, 4) is 16.8 Å². The molecule has 3 atom stereocenters. The van der Waals surface area contributed by atoms with E-state index < -0.39 is 0 Å². The first-order valence-corrected chi connectivity index (χ1v) is 15.3. The summed E-state index contributed by atoms with van der Waals surface area (Å²) in [5.74, 6) is 1.29. The fourth-order valence-corrected chi connectivity index (χ4v) is 7.21. The van der Waals surface area contributed by atoms with E-state index in [9.17, 15) is 0 Å². The number of pyridine rings is 1. The lowest BCUT2D eigenvalue weighted by Gasteiger charge is -2.19. The van der Waals surface area contributed by atoms with Gasteiger partial charge in [-0.15, -0.1) is 0 Å². The van der Waals surface area contributed by atoms with Gasteiger partial charge in [0, 0.05) is 34.2 Å². The molecule has 1 saturated carbocycles. The molecule has 1 N–H and O–H groups in total. The molecule has 2 aromatic heterocycles. The van der Waals surface area contributed by atoms with Crippen LogP contribution in [-0.2, 0) is 0 Å². The second kappa shape index (κ2) is 9.43. The van der Waals surface area contributed by atoms with E-state index in [1.807, 2.05) is 12.4 Å². The van der Waals surface area contributed by atoms with Gasteiger partial charge in [-0.1, -0.05) is 79.7 Å². The Morgan fingerprint density at radius 1 is 0.744 bits per heavy atom. The Kier molecular flexibility index (Phi) is 5.36. The van der Waals surface area contributed by atoms with Gasteiger partial charge in [0.15, 0.2) is 0 Å². The summed E-state index contributed by atoms with van der Waals surface area (Å²) in [7, 11) is 0. The average Bonchev–Trinajstić information content (AvgIpc) is 3.71. The Balaban J connectivity index is 1.40. The predicted octanol–water partition coefficient (Wildman–Crippen LogP) is 9.99. The maximum Gasteiger partial charge on any atom is 0.0696 e. The van der Waals surface area contributed by atoms with Crippen molar-refractivity contribution in [2.75, 3.05) is 0 Å². The Morgan fingerprint density at radius 2 is 1.56 bits per heavy atom. The van der Waals surface area contributed by atoms with E-state index in [-0.39, 0.29) is 6.04 Å². The number of aromatic nitrogens is 2. The lowest BCUT2D eigenvalue weighted by Crippen LogP contribution is -2.15. The number of benzene rings is 5. The van der Waals surface area contributed by atoms with E-state index in [4.69, 9.17) is 0 Å². The van der Waals surface area contributed by atoms with Crippen LogP contribution in [0.5, 0.6) is 0 Å². The largest absolute Gasteiger partial charge is 0.381 e. The summed E-state index contributed by atoms with van der Waals surface area (Å²) < 4.78 is 2.54. The summed E-state index contributed by atoms with van der Waals surface area (Å²) in [6, 6.07) is 36.4. The SMILES string of the molecule is CC1CC1c1cc(C2C=CC=CN2)cc2c1c1ccc3cc(-c4ccncc4)ccc3c1n2-c1ccc2ccccc2c1. The fraction of sp³-hybridized carbons (Fsp3) is 0.125. The molecule has 2 aliphatic rings. The second-order valence-electron chi connectivity index (χ2n) is 12.2. The molecule has 1 aliphatic heterocycles. The minimum atomic E-state index is 0.157. The summed E-state index contributed by atoms with van der Waals surface area (Å²) in [6.07, 6.45) is 13.5. The van der Waals surface area contributed by atoms with Gasteiger partial charge in [-0.25, -0.2) is 0 Å². The van der Waals surface area contributed by atoms with Gasteiger partial charge in [0.25, 0.3) is 0 Å². The van der Waals surface area contributed by atoms with Gasteiger partial charge in [0.1, 0.15) is 0 Å². The standard InChI is InChI=1S/C40H31N3/c1-25-20-35(25)36-23-31(37-8-4-5-17-42-37)24-38-39(36)34-14-11-30-21-29(27-15-18-41-19-16-27)10-13-33(30)40(34)43(38)32-12-9-26-6-2-3-7-28(26)22-32/h2-19,21-25,35,37,42H,20H2,1H3. The fourth-order valence-electron chi connectivity index (χ4n) is 7.21. The number of hydrogen-bond acceptors (Lipinski definition) is 2. The molecule has 206 valence electrons. The van der Waals surface area contributed by atoms with Crippen molar-refractivity contribution in [3.05, 3.63) is 145 Å². The molecule has 3 unspecified atom stereocenters. The number of nitrogens with zero attached hydrogens (tertiary/aromatic N) is 2. The molecule has 3 heterocycles. The van der Waals surface area contributed by atoms with E-state index in [1.165, 1.54) is 77.7 Å². The zero-order chi connectivity index (χ0) is 28.5. The third kappa shape index (κ3) is 3.92. The molecule has 1 aliphatic carbocycles. The van der Waals surface area contributed by atoms with Crippen LogP contribution in [-0.4, -0.2) is 9.55 Å². The van der Waals surface area contributed by atoms with Gasteiger partial charge in [0.05, 0.1) is 17.1 Å². The zero-order valence-electron chi connectivity index (χ0n) is 24.0. The Labute approximate surface area is 250 Å². The zero-order valence-corrected chi connectivity index (χ0v) is 24.0. The minimum absolute atomic E-state index is 0.157. The van der Waals surface area contributed by atoms with Crippen LogP contribution in [0.3, 0.4) is 0 Å². The van der Waals surface area contributed by atoms with Crippen LogP contribution in [0.25, 0.3) is 60.2 Å². The van der Waals surface area contributed by atoms with Crippen LogP contribution < -0.4 is 5.32 Å². The van der Waals surface area contributed by atoms with E-state index in [0.29, 0.717) is 11.8 Å². The molecule has 43 heavy (non-hydrogen) atoms. The monoisotopic (exact) mass is 553 g/mol. The van der Waals surface area contributed by atoms with Gasteiger partial charge in [-0.3, -0.25) is 4.98 Å². The van der Waals surface area contributed by atoms with E-state index in [2.05, 4.69) is 143 Å². The average molecular weight is 554 g/mol. The third-order valence-electron chi connectivity index (χ3n) is 9.56. The topological polar surface area (TPSA) is 29.9 Å². The summed E-state index contributed by atoms with van der Waals surface area (Å²) >= 11 is 0. The minimum Gasteiger partial charge on any atom is -0.381 e. The molecule has 3 heteroatoms. The number of dihydropyridines is 1. The van der Waals surface area contributed by atoms with Crippen LogP contribution >= 0.6 is 0 Å². The maximum absolute atomic E-state index is 4.22. The summed E-state index contributed by atoms with van der Waals surface area (Å²) in [5, 5.41) is 11.4. The molecule has 0 bridgehead atoms. The first-order chi connectivity index (χ1) is 21.2. The molecule has 7 aromatic rings. The van der Waals surface area contributed by atoms with Crippen molar-refractivity contribution >= 4 is 43.4 Å². The molecular formula is C40H31N3. The Bertz CT molecular complexity index is 2270. The van der Waals surface area contributed by atoms with E-state index in [0.717, 1.165) is 0 Å². The van der Waals surface area contributed by atoms with Crippen LogP contribution in [0.4, 0.5) is 0 Å². The molecular weight excluding hydrogens is 522 g/mol. The van der Waals surface area contributed by atoms with Gasteiger partial charge >= 0.3 is 0 Å². The molecule has 0 amide bonds. The van der Waals surface area contributed by atoms with E-state index in [1.54, 1.807) is 0 Å². The number of nitrogens with one attached hydrogen (secondary N) is 1. The lowest BCUT2D eigenvalue weighted by atomic mass is 9.94. The van der Waals surface area contributed by atoms with Crippen LogP contribution in [0, 0.1) is 5.92 Å². The Morgan fingerprint density at radius 3 is 2.37 bits per heavy atom. The molecule has 0 spiro atoms. The van der Waals surface area contributed by atoms with Crippen molar-refractivity contribution in [1.29, 1.82) is 0 Å². The summed E-state index contributed by atoms with van der Waals surface area (Å²) in [6.45, 7) is 2.39. The number of fused-ring (bicyclic) bond motifs is 6. The van der Waals surface area contributed by atoms with Crippen molar-refractivity contribution in [1.82, 2.24) is 14.9 Å². The molecule has 3 nitrogen and oxygen atoms in total. The van der Waals surface area contributed by atoms with Gasteiger partial charge < -0.3 is 9.88 Å². The third-order valence-corrected chi connectivity index (χ3v) is 9.56. The molecule has 0 radical (unpaired) electrons. The first kappa shape index (κ1) is 24.4. The van der Waals surface area contributed by atoms with Crippen LogP contribution in [0.2, 0.25) is 0 Å². The Hall–Kier alpha value is -5.15. The first-order valence-electron chi connectivity index (χ1n) is 15.3. The summed E-state index contributed by atoms with van der Waals surface area (Å²) in [4.78, 5) is 4.22. The highest BCUT2D eigenvalue weighted by Gasteiger charge is 2.37. The maximum atomic E-state index is 4.22. The molecule has 1 fully saturated rings. The predicted molar refractivity (Wildman–Crippen MR) is 180 cm³/mol. The number of hydrogen-bond donors (Lipinski definition) is 1.